The number of hydrogen-bond acceptors (Lipinski definition) is 24. The molecule has 37 nitrogen and oxygen atoms in total. The maximum atomic E-state index is 12.0. The van der Waals surface area contributed by atoms with Gasteiger partial charge in [0, 0.05) is 119 Å². The van der Waals surface area contributed by atoms with Crippen LogP contribution in [0, 0.1) is 5.53 Å². The van der Waals surface area contributed by atoms with E-state index < -0.39 is 17.9 Å². The Labute approximate surface area is 469 Å². The van der Waals surface area contributed by atoms with Crippen molar-refractivity contribution in [2.45, 2.75) is 38.5 Å². The maximum absolute atomic E-state index is 12.0. The Bertz CT molecular complexity index is 1610. The fourth-order valence-electron chi connectivity index (χ4n) is 5.35. The molecule has 0 unspecified atom stereocenters. The van der Waals surface area contributed by atoms with E-state index in [1.54, 1.807) is 0 Å². The van der Waals surface area contributed by atoms with Crippen molar-refractivity contribution in [1.82, 2.24) is 30.7 Å². The van der Waals surface area contributed by atoms with Gasteiger partial charge >= 0.3 is 23.2 Å². The van der Waals surface area contributed by atoms with Crippen molar-refractivity contribution in [3.05, 3.63) is 31.3 Å². The molecule has 0 bridgehead atoms. The van der Waals surface area contributed by atoms with E-state index in [9.17, 15) is 28.8 Å². The third-order valence-corrected chi connectivity index (χ3v) is 9.32. The van der Waals surface area contributed by atoms with Gasteiger partial charge in [0.05, 0.1) is 138 Å². The molecule has 464 valence electrons. The Morgan fingerprint density at radius 3 is 0.901 bits per heavy atom. The third kappa shape index (κ3) is 71.4. The Balaban J connectivity index is -0.00000157. The molecule has 81 heavy (non-hydrogen) atoms. The Morgan fingerprint density at radius 2 is 0.667 bits per heavy atom. The second-order valence-corrected chi connectivity index (χ2v) is 15.6. The van der Waals surface area contributed by atoms with Crippen LogP contribution in [0.2, 0.25) is 0 Å². The monoisotopic (exact) mass is 1170 g/mol. The number of azide groups is 3. The van der Waals surface area contributed by atoms with E-state index in [1.807, 2.05) is 4.90 Å². The van der Waals surface area contributed by atoms with Crippen molar-refractivity contribution in [3.63, 3.8) is 0 Å². The van der Waals surface area contributed by atoms with Gasteiger partial charge < -0.3 is 84.5 Å². The van der Waals surface area contributed by atoms with Crippen molar-refractivity contribution in [2.75, 3.05) is 211 Å². The molecule has 9 N–H and O–H groups in total. The molecule has 0 fully saturated rings. The van der Waals surface area contributed by atoms with Crippen LogP contribution in [-0.2, 0) is 76.2 Å². The molecule has 0 radical (unpaired) electrons. The van der Waals surface area contributed by atoms with Crippen LogP contribution in [0.3, 0.4) is 0 Å². The molecule has 0 aliphatic rings. The number of rotatable bonds is 57. The van der Waals surface area contributed by atoms with Gasteiger partial charge in [0.25, 0.3) is 4.91 Å². The lowest BCUT2D eigenvalue weighted by Gasteiger charge is -2.22. The molecule has 0 saturated heterocycles. The number of nitrogens with two attached hydrogens (primary N) is 1. The van der Waals surface area contributed by atoms with Crippen LogP contribution in [0.25, 0.3) is 31.3 Å². The topological polar surface area (TPSA) is 521 Å². The van der Waals surface area contributed by atoms with E-state index in [2.05, 4.69) is 66.0 Å². The van der Waals surface area contributed by atoms with Crippen LogP contribution < -0.4 is 26.6 Å². The standard InChI is InChI=1S/C27H51N13O9.C15H27NO9.C2H7N4O/c28-37-34-7-19-47-16-4-31-25(41)1-13-44-22-10-40(11-23-45-14-2-26(42)32-5-17-48-20-8-35-38-29)12-24-46-15-3-27(43)33-6-18-49-21-9-36-39-30;17-13(18)1-7-23-10-4-16(5-11-24-8-2-14(19)20)6-12-25-9-3-15(21)22;3-1-2-7-6-5-4/h1-24H2,(H,31,41)(H,32,42)(H,33,43);1-12H2,(H,17,18)(H,19,20)(H,21,22);4H,1-3H2/q;;+1. The lowest BCUT2D eigenvalue weighted by molar-refractivity contribution is -0.139. The number of carbonyl (C=O) groups is 6. The fraction of sp³-hybridized carbons (Fsp3) is 0.864. The third-order valence-electron chi connectivity index (χ3n) is 9.32. The van der Waals surface area contributed by atoms with Gasteiger partial charge in [0.15, 0.2) is 0 Å². The summed E-state index contributed by atoms with van der Waals surface area (Å²) in [6, 6.07) is 0. The van der Waals surface area contributed by atoms with E-state index in [0.29, 0.717) is 132 Å². The highest BCUT2D eigenvalue weighted by Gasteiger charge is 2.10. The van der Waals surface area contributed by atoms with Crippen molar-refractivity contribution in [3.8, 4) is 0 Å². The molecule has 0 aliphatic heterocycles. The molecular formula is C44H85N18O19+. The number of carboxylic acid groups (broad SMARTS) is 3. The smallest absolute Gasteiger partial charge is 0.357 e. The second kappa shape index (κ2) is 65.9. The van der Waals surface area contributed by atoms with Crippen LogP contribution in [0.15, 0.2) is 20.6 Å². The summed E-state index contributed by atoms with van der Waals surface area (Å²) in [6.45, 7) is 10.8. The Kier molecular flexibility index (Phi) is 63.9. The molecular weight excluding hydrogens is 1080 g/mol. The molecule has 0 aromatic heterocycles. The minimum absolute atomic E-state index is 0.0589. The number of hydrogen-bond donors (Lipinski definition) is 8. The summed E-state index contributed by atoms with van der Waals surface area (Å²) in [5.41, 5.74) is 35.7. The Hall–Kier alpha value is -6.62. The summed E-state index contributed by atoms with van der Waals surface area (Å²) in [5, 5.41) is 46.7. The zero-order chi connectivity index (χ0) is 60.3. The van der Waals surface area contributed by atoms with Gasteiger partial charge in [-0.3, -0.25) is 38.6 Å². The largest absolute Gasteiger partial charge is 0.481 e. The predicted octanol–water partition coefficient (Wildman–Crippen LogP) is 0.0272. The normalized spacial score (nSPS) is 10.3. The van der Waals surface area contributed by atoms with Crippen molar-refractivity contribution in [1.29, 1.82) is 5.53 Å². The summed E-state index contributed by atoms with van der Waals surface area (Å²) in [4.78, 5) is 85.8. The molecule has 0 rings (SSSR count). The second-order valence-electron chi connectivity index (χ2n) is 15.6. The first-order valence-electron chi connectivity index (χ1n) is 25.9. The summed E-state index contributed by atoms with van der Waals surface area (Å²) in [5.74, 6) is -3.26. The van der Waals surface area contributed by atoms with Crippen LogP contribution in [-0.4, -0.2) is 271 Å². The number of carbonyl (C=O) groups excluding carboxylic acids is 3. The van der Waals surface area contributed by atoms with Gasteiger partial charge in [-0.2, -0.15) is 0 Å². The van der Waals surface area contributed by atoms with Crippen molar-refractivity contribution < 1.29 is 91.6 Å². The first-order valence-corrected chi connectivity index (χ1v) is 25.9. The first kappa shape index (κ1) is 78.6. The maximum Gasteiger partial charge on any atom is 0.357 e. The van der Waals surface area contributed by atoms with Crippen LogP contribution >= 0.6 is 0 Å². The number of nitrogens with zero attached hydrogens (tertiary/aromatic N) is 13. The van der Waals surface area contributed by atoms with Gasteiger partial charge in [0.1, 0.15) is 12.1 Å². The highest BCUT2D eigenvalue weighted by molar-refractivity contribution is 5.76. The lowest BCUT2D eigenvalue weighted by atomic mass is 10.4. The molecule has 3 amide bonds. The molecule has 0 heterocycles. The molecule has 0 aromatic carbocycles. The van der Waals surface area contributed by atoms with Gasteiger partial charge in [0.2, 0.25) is 17.7 Å². The first-order chi connectivity index (χ1) is 39.4. The number of aliphatic carboxylic acids is 3. The Morgan fingerprint density at radius 1 is 0.407 bits per heavy atom. The van der Waals surface area contributed by atoms with E-state index in [-0.39, 0.29) is 135 Å². The van der Waals surface area contributed by atoms with Gasteiger partial charge in [-0.1, -0.05) is 15.3 Å². The van der Waals surface area contributed by atoms with Crippen molar-refractivity contribution in [2.24, 2.45) is 26.4 Å². The zero-order valence-electron chi connectivity index (χ0n) is 46.1. The van der Waals surface area contributed by atoms with Crippen LogP contribution in [0.4, 0.5) is 0 Å². The average Bonchev–Trinajstić information content (AvgIpc) is 3.43. The summed E-state index contributed by atoms with van der Waals surface area (Å²) >= 11 is 0. The number of carboxylic acids is 3. The molecule has 0 atom stereocenters. The average molecular weight is 1170 g/mol. The van der Waals surface area contributed by atoms with E-state index >= 15 is 0 Å². The van der Waals surface area contributed by atoms with E-state index in [0.717, 1.165) is 0 Å². The summed E-state index contributed by atoms with van der Waals surface area (Å²) < 4.78 is 48.3. The summed E-state index contributed by atoms with van der Waals surface area (Å²) in [6.07, 6.45) is 0.403. The molecule has 0 aromatic rings. The molecule has 0 saturated carbocycles. The molecule has 0 aliphatic carbocycles. The summed E-state index contributed by atoms with van der Waals surface area (Å²) in [7, 11) is 0. The highest BCUT2D eigenvalue weighted by atomic mass is 16.6. The zero-order valence-corrected chi connectivity index (χ0v) is 46.1. The highest BCUT2D eigenvalue weighted by Crippen LogP contribution is 1.97. The predicted molar refractivity (Wildman–Crippen MR) is 284 cm³/mol. The fourth-order valence-corrected chi connectivity index (χ4v) is 5.35. The quantitative estimate of drug-likeness (QED) is 0.0131. The van der Waals surface area contributed by atoms with Gasteiger partial charge in [-0.15, -0.1) is 0 Å². The number of amides is 3. The number of ether oxygens (including phenoxy) is 9. The minimum atomic E-state index is -0.921. The van der Waals surface area contributed by atoms with E-state index in [1.165, 1.54) is 0 Å². The van der Waals surface area contributed by atoms with Crippen molar-refractivity contribution >= 4 is 35.6 Å². The van der Waals surface area contributed by atoms with E-state index in [4.69, 9.17) is 85.8 Å². The number of nitrogens with one attached hydrogen (secondary N) is 4. The van der Waals surface area contributed by atoms with Crippen LogP contribution in [0.5, 0.6) is 0 Å². The molecule has 37 heteroatoms. The minimum Gasteiger partial charge on any atom is -0.481 e. The van der Waals surface area contributed by atoms with Gasteiger partial charge in [-0.05, 0) is 16.6 Å². The molecule has 0 spiro atoms. The lowest BCUT2D eigenvalue weighted by Crippen LogP contribution is -2.35. The van der Waals surface area contributed by atoms with Gasteiger partial charge in [-0.25, -0.2) is 0 Å². The van der Waals surface area contributed by atoms with Crippen LogP contribution in [0.1, 0.15) is 38.5 Å². The SMILES string of the molecule is N=[N+]=NOCCN.O=C(O)CCOCCN(CCOCCC(=O)O)CCOCCC(=O)O.[N-]=[N+]=NCCOCCNC(=O)CCOCCN(CCOCCC(=O)NCCOCCN=[N+]=[N-])CCOCCC(=O)NCCOCCN=[N+]=[N-].